The molecule has 1 heterocycles. The van der Waals surface area contributed by atoms with Crippen LogP contribution in [-0.2, 0) is 14.8 Å². The number of carboxylic acids is 1. The molecule has 0 spiro atoms. The monoisotopic (exact) mass is 193 g/mol. The van der Waals surface area contributed by atoms with Gasteiger partial charge in [0.2, 0.25) is 10.0 Å². The molecule has 0 aliphatic carbocycles. The van der Waals surface area contributed by atoms with Gasteiger partial charge in [-0.15, -0.1) is 0 Å². The predicted octanol–water partition coefficient (Wildman–Crippen LogP) is -0.505. The van der Waals surface area contributed by atoms with Crippen molar-refractivity contribution in [3.8, 4) is 0 Å². The first-order valence-corrected chi connectivity index (χ1v) is 5.22. The van der Waals surface area contributed by atoms with E-state index in [2.05, 4.69) is 0 Å². The average Bonchev–Trinajstić information content (AvgIpc) is 2.24. The van der Waals surface area contributed by atoms with Crippen LogP contribution in [0.15, 0.2) is 0 Å². The third-order valence-electron chi connectivity index (χ3n) is 1.99. The standard InChI is InChI=1S/C6H11NO4S/c1-2-7-4-3-5(6(8)9)12(7,10)11/h5H,2-4H2,1H3,(H,8,9). The largest absolute Gasteiger partial charge is 0.480 e. The van der Waals surface area contributed by atoms with Crippen LogP contribution in [0.1, 0.15) is 13.3 Å². The molecule has 1 aliphatic heterocycles. The van der Waals surface area contributed by atoms with Crippen LogP contribution in [0.5, 0.6) is 0 Å². The number of carboxylic acid groups (broad SMARTS) is 1. The molecule has 70 valence electrons. The maximum absolute atomic E-state index is 11.3. The highest BCUT2D eigenvalue weighted by Gasteiger charge is 2.42. The zero-order valence-electron chi connectivity index (χ0n) is 6.73. The zero-order chi connectivity index (χ0) is 9.35. The van der Waals surface area contributed by atoms with E-state index in [1.807, 2.05) is 0 Å². The minimum absolute atomic E-state index is 0.200. The van der Waals surface area contributed by atoms with Crippen LogP contribution >= 0.6 is 0 Å². The van der Waals surface area contributed by atoms with E-state index < -0.39 is 21.2 Å². The Balaban J connectivity index is 2.93. The number of aliphatic carboxylic acids is 1. The minimum Gasteiger partial charge on any atom is -0.480 e. The van der Waals surface area contributed by atoms with E-state index >= 15 is 0 Å². The van der Waals surface area contributed by atoms with Crippen LogP contribution in [0.3, 0.4) is 0 Å². The number of carbonyl (C=O) groups is 1. The molecule has 1 rings (SSSR count). The summed E-state index contributed by atoms with van der Waals surface area (Å²) >= 11 is 0. The van der Waals surface area contributed by atoms with E-state index in [0.717, 1.165) is 0 Å². The van der Waals surface area contributed by atoms with Gasteiger partial charge in [-0.1, -0.05) is 6.92 Å². The summed E-state index contributed by atoms with van der Waals surface area (Å²) in [5.74, 6) is -1.24. The zero-order valence-corrected chi connectivity index (χ0v) is 7.54. The molecular formula is C6H11NO4S. The van der Waals surface area contributed by atoms with Crippen molar-refractivity contribution in [2.45, 2.75) is 18.6 Å². The quantitative estimate of drug-likeness (QED) is 0.641. The molecule has 1 N–H and O–H groups in total. The third kappa shape index (κ3) is 1.32. The molecule has 0 aromatic rings. The van der Waals surface area contributed by atoms with E-state index in [4.69, 9.17) is 5.11 Å². The molecule has 12 heavy (non-hydrogen) atoms. The fourth-order valence-corrected chi connectivity index (χ4v) is 3.04. The Labute approximate surface area is 71.0 Å². The highest BCUT2D eigenvalue weighted by Crippen LogP contribution is 2.21. The second-order valence-electron chi connectivity index (χ2n) is 2.65. The molecule has 5 nitrogen and oxygen atoms in total. The van der Waals surface area contributed by atoms with Gasteiger partial charge in [0.25, 0.3) is 0 Å². The Morgan fingerprint density at radius 3 is 2.50 bits per heavy atom. The number of nitrogens with zero attached hydrogens (tertiary/aromatic N) is 1. The maximum atomic E-state index is 11.3. The summed E-state index contributed by atoms with van der Waals surface area (Å²) in [5, 5.41) is 7.33. The molecule has 0 aromatic heterocycles. The van der Waals surface area contributed by atoms with Crippen molar-refractivity contribution in [1.29, 1.82) is 0 Å². The van der Waals surface area contributed by atoms with Crippen molar-refractivity contribution in [2.75, 3.05) is 13.1 Å². The summed E-state index contributed by atoms with van der Waals surface area (Å²) in [6.45, 7) is 2.38. The number of hydrogen-bond acceptors (Lipinski definition) is 3. The van der Waals surface area contributed by atoms with Gasteiger partial charge in [0, 0.05) is 13.1 Å². The van der Waals surface area contributed by atoms with Gasteiger partial charge in [0.05, 0.1) is 0 Å². The molecular weight excluding hydrogens is 182 g/mol. The normalized spacial score (nSPS) is 28.9. The fraction of sp³-hybridized carbons (Fsp3) is 0.833. The molecule has 0 amide bonds. The second kappa shape index (κ2) is 3.02. The lowest BCUT2D eigenvalue weighted by Crippen LogP contribution is -2.33. The lowest BCUT2D eigenvalue weighted by atomic mass is 10.3. The Bertz CT molecular complexity index is 284. The first-order valence-electron chi connectivity index (χ1n) is 3.72. The van der Waals surface area contributed by atoms with Crippen molar-refractivity contribution in [3.63, 3.8) is 0 Å². The molecule has 0 aromatic carbocycles. The average molecular weight is 193 g/mol. The SMILES string of the molecule is CCN1CCC(C(=O)O)S1(=O)=O. The van der Waals surface area contributed by atoms with Crippen LogP contribution in [-0.4, -0.2) is 42.1 Å². The lowest BCUT2D eigenvalue weighted by molar-refractivity contribution is -0.136. The number of rotatable bonds is 2. The van der Waals surface area contributed by atoms with Crippen molar-refractivity contribution >= 4 is 16.0 Å². The highest BCUT2D eigenvalue weighted by atomic mass is 32.2. The Morgan fingerprint density at radius 1 is 1.67 bits per heavy atom. The van der Waals surface area contributed by atoms with Crippen molar-refractivity contribution in [1.82, 2.24) is 4.31 Å². The van der Waals surface area contributed by atoms with Crippen molar-refractivity contribution in [3.05, 3.63) is 0 Å². The van der Waals surface area contributed by atoms with Gasteiger partial charge < -0.3 is 5.11 Å². The number of sulfonamides is 1. The summed E-state index contributed by atoms with van der Waals surface area (Å²) in [6, 6.07) is 0. The summed E-state index contributed by atoms with van der Waals surface area (Å²) in [6.07, 6.45) is 0.200. The second-order valence-corrected chi connectivity index (χ2v) is 4.77. The molecule has 1 saturated heterocycles. The van der Waals surface area contributed by atoms with Crippen LogP contribution in [0, 0.1) is 0 Å². The van der Waals surface area contributed by atoms with E-state index in [0.29, 0.717) is 13.1 Å². The van der Waals surface area contributed by atoms with E-state index in [1.54, 1.807) is 6.92 Å². The molecule has 1 unspecified atom stereocenters. The smallest absolute Gasteiger partial charge is 0.323 e. The summed E-state index contributed by atoms with van der Waals surface area (Å²) < 4.78 is 23.8. The van der Waals surface area contributed by atoms with Crippen LogP contribution in [0.25, 0.3) is 0 Å². The van der Waals surface area contributed by atoms with Gasteiger partial charge in [-0.3, -0.25) is 4.79 Å². The Kier molecular flexibility index (Phi) is 2.39. The van der Waals surface area contributed by atoms with Crippen molar-refractivity contribution in [2.24, 2.45) is 0 Å². The van der Waals surface area contributed by atoms with Crippen LogP contribution in [0.4, 0.5) is 0 Å². The molecule has 1 atom stereocenters. The predicted molar refractivity (Wildman–Crippen MR) is 42.2 cm³/mol. The van der Waals surface area contributed by atoms with E-state index in [1.165, 1.54) is 4.31 Å². The first-order chi connectivity index (χ1) is 5.50. The molecule has 1 fully saturated rings. The molecule has 0 saturated carbocycles. The first kappa shape index (κ1) is 9.47. The topological polar surface area (TPSA) is 74.7 Å². The Morgan fingerprint density at radius 2 is 2.25 bits per heavy atom. The third-order valence-corrected chi connectivity index (χ3v) is 4.31. The number of hydrogen-bond donors (Lipinski definition) is 1. The van der Waals surface area contributed by atoms with E-state index in [9.17, 15) is 13.2 Å². The highest BCUT2D eigenvalue weighted by molar-refractivity contribution is 7.90. The Hall–Kier alpha value is -0.620. The summed E-state index contributed by atoms with van der Waals surface area (Å²) in [4.78, 5) is 10.5. The fourth-order valence-electron chi connectivity index (χ4n) is 1.31. The summed E-state index contributed by atoms with van der Waals surface area (Å²) in [5.41, 5.74) is 0. The van der Waals surface area contributed by atoms with E-state index in [-0.39, 0.29) is 6.42 Å². The molecule has 0 radical (unpaired) electrons. The minimum atomic E-state index is -3.54. The van der Waals surface area contributed by atoms with Crippen LogP contribution in [0.2, 0.25) is 0 Å². The summed E-state index contributed by atoms with van der Waals surface area (Å²) in [7, 11) is -3.54. The molecule has 1 aliphatic rings. The van der Waals surface area contributed by atoms with Gasteiger partial charge >= 0.3 is 5.97 Å². The van der Waals surface area contributed by atoms with Crippen molar-refractivity contribution < 1.29 is 18.3 Å². The van der Waals surface area contributed by atoms with Gasteiger partial charge in [-0.05, 0) is 6.42 Å². The molecule has 6 heteroatoms. The lowest BCUT2D eigenvalue weighted by Gasteiger charge is -2.11. The van der Waals surface area contributed by atoms with Crippen LogP contribution < -0.4 is 0 Å². The maximum Gasteiger partial charge on any atom is 0.323 e. The van der Waals surface area contributed by atoms with Gasteiger partial charge in [-0.25, -0.2) is 12.7 Å². The van der Waals surface area contributed by atoms with Gasteiger partial charge in [0.15, 0.2) is 5.25 Å². The van der Waals surface area contributed by atoms with Gasteiger partial charge in [0.1, 0.15) is 0 Å². The molecule has 0 bridgehead atoms. The van der Waals surface area contributed by atoms with Gasteiger partial charge in [-0.2, -0.15) is 0 Å².